The number of benzene rings is 1. The number of hydrogen-bond donors (Lipinski definition) is 1. The Morgan fingerprint density at radius 1 is 0.962 bits per heavy atom. The quantitative estimate of drug-likeness (QED) is 0.913. The van der Waals surface area contributed by atoms with Crippen molar-refractivity contribution in [2.24, 2.45) is 0 Å². The summed E-state index contributed by atoms with van der Waals surface area (Å²) in [5.74, 6) is 0. The van der Waals surface area contributed by atoms with Crippen molar-refractivity contribution in [3.63, 3.8) is 0 Å². The molecule has 1 N–H and O–H groups in total. The molecule has 5 nitrogen and oxygen atoms in total. The molecule has 3 heterocycles. The van der Waals surface area contributed by atoms with Gasteiger partial charge < -0.3 is 19.7 Å². The van der Waals surface area contributed by atoms with Crippen LogP contribution in [0.1, 0.15) is 37.3 Å². The Hall–Kier alpha value is -2.43. The van der Waals surface area contributed by atoms with Crippen molar-refractivity contribution in [1.82, 2.24) is 14.8 Å². The third kappa shape index (κ3) is 3.87. The van der Waals surface area contributed by atoms with E-state index in [9.17, 15) is 4.79 Å². The number of carbonyl (C=O) groups excluding carboxylic acids is 1. The van der Waals surface area contributed by atoms with Gasteiger partial charge in [0.25, 0.3) is 0 Å². The molecule has 1 aromatic carbocycles. The van der Waals surface area contributed by atoms with E-state index in [-0.39, 0.29) is 6.03 Å². The fraction of sp³-hybridized carbons (Fsp3) is 0.476. The number of piperidine rings is 1. The van der Waals surface area contributed by atoms with E-state index in [1.54, 1.807) is 0 Å². The first-order valence-corrected chi connectivity index (χ1v) is 9.79. The number of amides is 2. The third-order valence-electron chi connectivity index (χ3n) is 5.65. The lowest BCUT2D eigenvalue weighted by Crippen LogP contribution is -2.44. The molecule has 138 valence electrons. The Morgan fingerprint density at radius 2 is 1.62 bits per heavy atom. The van der Waals surface area contributed by atoms with Gasteiger partial charge in [0.1, 0.15) is 0 Å². The largest absolute Gasteiger partial charge is 0.372 e. The average molecular weight is 352 g/mol. The Morgan fingerprint density at radius 3 is 2.27 bits per heavy atom. The van der Waals surface area contributed by atoms with E-state index in [1.165, 1.54) is 18.5 Å². The molecule has 4 rings (SSSR count). The van der Waals surface area contributed by atoms with E-state index in [0.717, 1.165) is 44.6 Å². The van der Waals surface area contributed by atoms with Crippen LogP contribution in [-0.2, 0) is 6.54 Å². The van der Waals surface area contributed by atoms with Crippen LogP contribution < -0.4 is 10.2 Å². The van der Waals surface area contributed by atoms with Gasteiger partial charge >= 0.3 is 6.03 Å². The lowest BCUT2D eigenvalue weighted by Gasteiger charge is -2.32. The minimum absolute atomic E-state index is 0.0552. The van der Waals surface area contributed by atoms with Crippen LogP contribution in [0.5, 0.6) is 0 Å². The SMILES string of the molecule is O=C(NCc1ccc(N2CCCC2)cc1)N1CCC(n2cccc2)CC1. The van der Waals surface area contributed by atoms with E-state index < -0.39 is 0 Å². The first-order valence-electron chi connectivity index (χ1n) is 9.79. The summed E-state index contributed by atoms with van der Waals surface area (Å²) < 4.78 is 2.26. The maximum atomic E-state index is 12.4. The zero-order valence-corrected chi connectivity index (χ0v) is 15.3. The molecule has 2 saturated heterocycles. The van der Waals surface area contributed by atoms with Gasteiger partial charge in [0.05, 0.1) is 0 Å². The minimum Gasteiger partial charge on any atom is -0.372 e. The molecule has 2 aromatic rings. The van der Waals surface area contributed by atoms with E-state index in [0.29, 0.717) is 12.6 Å². The van der Waals surface area contributed by atoms with Gasteiger partial charge in [0.15, 0.2) is 0 Å². The highest BCUT2D eigenvalue weighted by Gasteiger charge is 2.23. The summed E-state index contributed by atoms with van der Waals surface area (Å²) >= 11 is 0. The molecule has 0 radical (unpaired) electrons. The number of nitrogens with one attached hydrogen (secondary N) is 1. The maximum absolute atomic E-state index is 12.4. The molecule has 26 heavy (non-hydrogen) atoms. The number of urea groups is 1. The highest BCUT2D eigenvalue weighted by Crippen LogP contribution is 2.23. The normalized spacial score (nSPS) is 18.3. The predicted octanol–water partition coefficient (Wildman–Crippen LogP) is 3.64. The molecule has 5 heteroatoms. The average Bonchev–Trinajstić information content (AvgIpc) is 3.40. The Kier molecular flexibility index (Phi) is 5.14. The van der Waals surface area contributed by atoms with Crippen LogP contribution in [0, 0.1) is 0 Å². The van der Waals surface area contributed by atoms with Crippen molar-refractivity contribution in [2.75, 3.05) is 31.1 Å². The van der Waals surface area contributed by atoms with Gasteiger partial charge in [-0.1, -0.05) is 12.1 Å². The van der Waals surface area contributed by atoms with Gasteiger partial charge in [-0.25, -0.2) is 4.79 Å². The van der Waals surface area contributed by atoms with Crippen LogP contribution >= 0.6 is 0 Å². The van der Waals surface area contributed by atoms with Gasteiger partial charge in [-0.15, -0.1) is 0 Å². The standard InChI is InChI=1S/C21H28N4O/c26-21(25-15-9-20(10-16-25)24-13-3-4-14-24)22-17-18-5-7-19(8-6-18)23-11-1-2-12-23/h3-8,13-14,20H,1-2,9-12,15-17H2,(H,22,26). The first kappa shape index (κ1) is 17.0. The van der Waals surface area contributed by atoms with Crippen LogP contribution in [0.4, 0.5) is 10.5 Å². The predicted molar refractivity (Wildman–Crippen MR) is 104 cm³/mol. The van der Waals surface area contributed by atoms with Crippen molar-refractivity contribution < 1.29 is 4.79 Å². The fourth-order valence-electron chi connectivity index (χ4n) is 4.05. The van der Waals surface area contributed by atoms with Crippen molar-refractivity contribution >= 4 is 11.7 Å². The van der Waals surface area contributed by atoms with E-state index >= 15 is 0 Å². The summed E-state index contributed by atoms with van der Waals surface area (Å²) in [5.41, 5.74) is 2.45. The monoisotopic (exact) mass is 352 g/mol. The topological polar surface area (TPSA) is 40.5 Å². The van der Waals surface area contributed by atoms with Crippen molar-refractivity contribution in [2.45, 2.75) is 38.3 Å². The molecule has 0 atom stereocenters. The molecule has 0 unspecified atom stereocenters. The molecule has 0 bridgehead atoms. The van der Waals surface area contributed by atoms with Crippen molar-refractivity contribution in [3.8, 4) is 0 Å². The maximum Gasteiger partial charge on any atom is 0.317 e. The third-order valence-corrected chi connectivity index (χ3v) is 5.65. The van der Waals surface area contributed by atoms with Crippen molar-refractivity contribution in [3.05, 3.63) is 54.4 Å². The number of aromatic nitrogens is 1. The molecular formula is C21H28N4O. The van der Waals surface area contributed by atoms with Gasteiger partial charge in [-0.2, -0.15) is 0 Å². The van der Waals surface area contributed by atoms with Gasteiger partial charge in [-0.05, 0) is 55.5 Å². The lowest BCUT2D eigenvalue weighted by atomic mass is 10.1. The van der Waals surface area contributed by atoms with Crippen LogP contribution in [-0.4, -0.2) is 41.7 Å². The lowest BCUT2D eigenvalue weighted by molar-refractivity contribution is 0.171. The van der Waals surface area contributed by atoms with E-state index in [4.69, 9.17) is 0 Å². The first-order chi connectivity index (χ1) is 12.8. The second kappa shape index (κ2) is 7.85. The minimum atomic E-state index is 0.0552. The van der Waals surface area contributed by atoms with Gasteiger partial charge in [0, 0.05) is 56.8 Å². The number of nitrogens with zero attached hydrogens (tertiary/aromatic N) is 3. The molecular weight excluding hydrogens is 324 g/mol. The second-order valence-electron chi connectivity index (χ2n) is 7.37. The molecule has 0 aliphatic carbocycles. The van der Waals surface area contributed by atoms with Gasteiger partial charge in [-0.3, -0.25) is 0 Å². The number of anilines is 1. The molecule has 0 spiro atoms. The summed E-state index contributed by atoms with van der Waals surface area (Å²) in [6.45, 7) is 4.56. The fourth-order valence-corrected chi connectivity index (χ4v) is 4.05. The molecule has 0 saturated carbocycles. The smallest absolute Gasteiger partial charge is 0.317 e. The zero-order valence-electron chi connectivity index (χ0n) is 15.3. The summed E-state index contributed by atoms with van der Waals surface area (Å²) in [4.78, 5) is 16.8. The molecule has 2 aliphatic heterocycles. The Balaban J connectivity index is 1.24. The Labute approximate surface area is 155 Å². The van der Waals surface area contributed by atoms with E-state index in [2.05, 4.69) is 63.6 Å². The molecule has 2 fully saturated rings. The summed E-state index contributed by atoms with van der Waals surface area (Å²) in [6.07, 6.45) is 8.86. The molecule has 1 aromatic heterocycles. The second-order valence-corrected chi connectivity index (χ2v) is 7.37. The number of likely N-dealkylation sites (tertiary alicyclic amines) is 1. The Bertz CT molecular complexity index is 696. The van der Waals surface area contributed by atoms with Crippen LogP contribution in [0.2, 0.25) is 0 Å². The summed E-state index contributed by atoms with van der Waals surface area (Å²) in [6, 6.07) is 13.3. The van der Waals surface area contributed by atoms with E-state index in [1.807, 2.05) is 4.90 Å². The summed E-state index contributed by atoms with van der Waals surface area (Å²) in [5, 5.41) is 3.07. The highest BCUT2D eigenvalue weighted by atomic mass is 16.2. The van der Waals surface area contributed by atoms with Crippen LogP contribution in [0.25, 0.3) is 0 Å². The van der Waals surface area contributed by atoms with Crippen molar-refractivity contribution in [1.29, 1.82) is 0 Å². The number of rotatable bonds is 4. The number of carbonyl (C=O) groups is 1. The molecule has 2 amide bonds. The number of hydrogen-bond acceptors (Lipinski definition) is 2. The van der Waals surface area contributed by atoms with Crippen LogP contribution in [0.3, 0.4) is 0 Å². The highest BCUT2D eigenvalue weighted by molar-refractivity contribution is 5.74. The molecule has 2 aliphatic rings. The zero-order chi connectivity index (χ0) is 17.8. The van der Waals surface area contributed by atoms with Gasteiger partial charge in [0.2, 0.25) is 0 Å². The summed E-state index contributed by atoms with van der Waals surface area (Å²) in [7, 11) is 0. The van der Waals surface area contributed by atoms with Crippen LogP contribution in [0.15, 0.2) is 48.8 Å².